The molecular formula is C24H20N6O. The second kappa shape index (κ2) is 7.05. The predicted molar refractivity (Wildman–Crippen MR) is 121 cm³/mol. The number of nitrogens with one attached hydrogen (secondary N) is 3. The molecular weight excluding hydrogens is 388 g/mol. The molecule has 6 rings (SSSR count). The maximum atomic E-state index is 12.9. The summed E-state index contributed by atoms with van der Waals surface area (Å²) in [6.07, 6.45) is 9.52. The molecule has 1 aliphatic rings. The van der Waals surface area contributed by atoms with Gasteiger partial charge in [-0.3, -0.25) is 14.9 Å². The molecule has 7 heteroatoms. The van der Waals surface area contributed by atoms with Gasteiger partial charge in [0.15, 0.2) is 0 Å². The molecule has 1 saturated carbocycles. The Bertz CT molecular complexity index is 1450. The van der Waals surface area contributed by atoms with Gasteiger partial charge in [-0.05, 0) is 48.1 Å². The standard InChI is InChI=1S/C24H20N6O/c31-24-21-19-9-15(16-10-28-29-11-16)6-7-18(19)23(26-12-17-3-1-2-8-25-17)30-22(21)20(13-27-24)14-4-5-14/h1-3,6-11,13-14H,4-5,12H2,(H,26,30)(H,27,31)(H,28,29). The SMILES string of the molecule is O=c1[nH]cc(C2CC2)c2nc(NCc3ccccn3)c3ccc(-c4cn[nH]c4)cc3c12. The van der Waals surface area contributed by atoms with E-state index in [4.69, 9.17) is 4.98 Å². The molecule has 0 radical (unpaired) electrons. The minimum Gasteiger partial charge on any atom is -0.364 e. The van der Waals surface area contributed by atoms with Crippen molar-refractivity contribution in [2.24, 2.45) is 0 Å². The van der Waals surface area contributed by atoms with Gasteiger partial charge in [-0.15, -0.1) is 0 Å². The number of hydrogen-bond acceptors (Lipinski definition) is 5. The van der Waals surface area contributed by atoms with Gasteiger partial charge in [0.2, 0.25) is 0 Å². The second-order valence-corrected chi connectivity index (χ2v) is 7.95. The average Bonchev–Trinajstić information content (AvgIpc) is 3.50. The molecule has 0 spiro atoms. The van der Waals surface area contributed by atoms with E-state index < -0.39 is 0 Å². The van der Waals surface area contributed by atoms with Crippen molar-refractivity contribution in [3.05, 3.63) is 82.8 Å². The molecule has 0 atom stereocenters. The first kappa shape index (κ1) is 17.8. The molecule has 4 aromatic heterocycles. The van der Waals surface area contributed by atoms with Gasteiger partial charge in [-0.1, -0.05) is 18.2 Å². The number of benzene rings is 1. The summed E-state index contributed by atoms with van der Waals surface area (Å²) in [5, 5.41) is 12.8. The van der Waals surface area contributed by atoms with Gasteiger partial charge in [-0.2, -0.15) is 5.10 Å². The average molecular weight is 408 g/mol. The third kappa shape index (κ3) is 3.15. The summed E-state index contributed by atoms with van der Waals surface area (Å²) < 4.78 is 0. The van der Waals surface area contributed by atoms with E-state index in [1.54, 1.807) is 12.4 Å². The van der Waals surface area contributed by atoms with Gasteiger partial charge in [-0.25, -0.2) is 4.98 Å². The number of nitrogens with zero attached hydrogens (tertiary/aromatic N) is 3. The third-order valence-electron chi connectivity index (χ3n) is 5.88. The summed E-state index contributed by atoms with van der Waals surface area (Å²) in [7, 11) is 0. The lowest BCUT2D eigenvalue weighted by atomic mass is 9.99. The minimum absolute atomic E-state index is 0.113. The molecule has 0 saturated heterocycles. The molecule has 31 heavy (non-hydrogen) atoms. The normalized spacial score (nSPS) is 13.7. The van der Waals surface area contributed by atoms with Gasteiger partial charge >= 0.3 is 0 Å². The Morgan fingerprint density at radius 2 is 2.00 bits per heavy atom. The molecule has 3 N–H and O–H groups in total. The molecule has 1 aliphatic carbocycles. The number of rotatable bonds is 5. The molecule has 5 aromatic rings. The van der Waals surface area contributed by atoms with Crippen LogP contribution < -0.4 is 10.9 Å². The number of fused-ring (bicyclic) bond motifs is 3. The fourth-order valence-corrected chi connectivity index (χ4v) is 4.14. The molecule has 0 aliphatic heterocycles. The van der Waals surface area contributed by atoms with Gasteiger partial charge in [0.05, 0.1) is 29.3 Å². The van der Waals surface area contributed by atoms with E-state index >= 15 is 0 Å². The van der Waals surface area contributed by atoms with Gasteiger partial charge in [0, 0.05) is 34.9 Å². The zero-order valence-corrected chi connectivity index (χ0v) is 16.7. The van der Waals surface area contributed by atoms with E-state index in [1.165, 1.54) is 0 Å². The predicted octanol–water partition coefficient (Wildman–Crippen LogP) is 4.35. The maximum absolute atomic E-state index is 12.9. The largest absolute Gasteiger partial charge is 0.364 e. The van der Waals surface area contributed by atoms with E-state index in [0.717, 1.165) is 57.3 Å². The molecule has 7 nitrogen and oxygen atoms in total. The Morgan fingerprint density at radius 3 is 2.77 bits per heavy atom. The first-order chi connectivity index (χ1) is 15.3. The molecule has 1 fully saturated rings. The van der Waals surface area contributed by atoms with Crippen molar-refractivity contribution in [3.63, 3.8) is 0 Å². The van der Waals surface area contributed by atoms with Crippen LogP contribution in [0.25, 0.3) is 32.8 Å². The highest BCUT2D eigenvalue weighted by molar-refractivity contribution is 6.11. The van der Waals surface area contributed by atoms with Crippen LogP contribution in [0.4, 0.5) is 5.82 Å². The number of H-pyrrole nitrogens is 2. The highest BCUT2D eigenvalue weighted by Crippen LogP contribution is 2.43. The zero-order chi connectivity index (χ0) is 20.8. The van der Waals surface area contributed by atoms with Gasteiger partial charge in [0.25, 0.3) is 5.56 Å². The van der Waals surface area contributed by atoms with Crippen LogP contribution in [0.3, 0.4) is 0 Å². The smallest absolute Gasteiger partial charge is 0.258 e. The van der Waals surface area contributed by atoms with Crippen molar-refractivity contribution in [1.29, 1.82) is 0 Å². The van der Waals surface area contributed by atoms with Crippen LogP contribution in [-0.2, 0) is 6.54 Å². The second-order valence-electron chi connectivity index (χ2n) is 7.95. The molecule has 152 valence electrons. The van der Waals surface area contributed by atoms with Crippen LogP contribution in [0.5, 0.6) is 0 Å². The number of pyridine rings is 3. The highest BCUT2D eigenvalue weighted by Gasteiger charge is 2.28. The van der Waals surface area contributed by atoms with Gasteiger partial charge < -0.3 is 10.3 Å². The quantitative estimate of drug-likeness (QED) is 0.376. The Hall–Kier alpha value is -4.00. The summed E-state index contributed by atoms with van der Waals surface area (Å²) in [4.78, 5) is 25.2. The van der Waals surface area contributed by atoms with Crippen LogP contribution in [0.15, 0.2) is 66.0 Å². The first-order valence-corrected chi connectivity index (χ1v) is 10.4. The molecule has 1 aromatic carbocycles. The van der Waals surface area contributed by atoms with Crippen molar-refractivity contribution in [2.45, 2.75) is 25.3 Å². The maximum Gasteiger partial charge on any atom is 0.258 e. The summed E-state index contributed by atoms with van der Waals surface area (Å²) in [5.74, 6) is 1.23. The molecule has 0 unspecified atom stereocenters. The van der Waals surface area contributed by atoms with Crippen molar-refractivity contribution in [1.82, 2.24) is 25.1 Å². The first-order valence-electron chi connectivity index (χ1n) is 10.4. The van der Waals surface area contributed by atoms with Crippen LogP contribution >= 0.6 is 0 Å². The molecule has 0 bridgehead atoms. The van der Waals surface area contributed by atoms with Crippen LogP contribution in [0, 0.1) is 0 Å². The lowest BCUT2D eigenvalue weighted by molar-refractivity contribution is 1.03. The van der Waals surface area contributed by atoms with E-state index in [1.807, 2.05) is 42.7 Å². The lowest BCUT2D eigenvalue weighted by Gasteiger charge is -2.14. The highest BCUT2D eigenvalue weighted by atomic mass is 16.1. The summed E-state index contributed by atoms with van der Waals surface area (Å²) in [6.45, 7) is 0.555. The Balaban J connectivity index is 1.59. The topological polar surface area (TPSA) is 99.3 Å². The Kier molecular flexibility index (Phi) is 4.06. The van der Waals surface area contributed by atoms with Crippen molar-refractivity contribution in [3.8, 4) is 11.1 Å². The number of anilines is 1. The van der Waals surface area contributed by atoms with Crippen molar-refractivity contribution >= 4 is 27.5 Å². The van der Waals surface area contributed by atoms with E-state index in [2.05, 4.69) is 31.5 Å². The minimum atomic E-state index is -0.113. The fraction of sp³-hybridized carbons (Fsp3) is 0.167. The Morgan fingerprint density at radius 1 is 1.06 bits per heavy atom. The Labute approximate surface area is 177 Å². The van der Waals surface area contributed by atoms with E-state index in [9.17, 15) is 4.79 Å². The van der Waals surface area contributed by atoms with Crippen molar-refractivity contribution < 1.29 is 0 Å². The van der Waals surface area contributed by atoms with E-state index in [0.29, 0.717) is 17.8 Å². The monoisotopic (exact) mass is 408 g/mol. The molecule has 0 amide bonds. The lowest BCUT2D eigenvalue weighted by Crippen LogP contribution is -2.11. The van der Waals surface area contributed by atoms with Crippen LogP contribution in [0.2, 0.25) is 0 Å². The number of hydrogen-bond donors (Lipinski definition) is 3. The summed E-state index contributed by atoms with van der Waals surface area (Å²) in [5.41, 5.74) is 4.70. The summed E-state index contributed by atoms with van der Waals surface area (Å²) in [6, 6.07) is 12.0. The third-order valence-corrected chi connectivity index (χ3v) is 5.88. The number of aromatic amines is 2. The zero-order valence-electron chi connectivity index (χ0n) is 16.7. The summed E-state index contributed by atoms with van der Waals surface area (Å²) >= 11 is 0. The van der Waals surface area contributed by atoms with Crippen LogP contribution in [-0.4, -0.2) is 25.1 Å². The number of aromatic nitrogens is 5. The fourth-order valence-electron chi connectivity index (χ4n) is 4.14. The van der Waals surface area contributed by atoms with Crippen LogP contribution in [0.1, 0.15) is 30.0 Å². The van der Waals surface area contributed by atoms with Crippen molar-refractivity contribution in [2.75, 3.05) is 5.32 Å². The van der Waals surface area contributed by atoms with Gasteiger partial charge in [0.1, 0.15) is 5.82 Å². The van der Waals surface area contributed by atoms with E-state index in [-0.39, 0.29) is 5.56 Å². The molecule has 4 heterocycles.